The fraction of sp³-hybridized carbons (Fsp3) is 0.560. The van der Waals surface area contributed by atoms with Gasteiger partial charge in [0.2, 0.25) is 10.0 Å². The summed E-state index contributed by atoms with van der Waals surface area (Å²) in [5.74, 6) is 1.65. The highest BCUT2D eigenvalue weighted by atomic mass is 32.2. The Morgan fingerprint density at radius 2 is 2.00 bits per heavy atom. The monoisotopic (exact) mass is 498 g/mol. The number of nitrogens with zero attached hydrogens (tertiary/aromatic N) is 5. The average molecular weight is 499 g/mol. The zero-order chi connectivity index (χ0) is 24.3. The lowest BCUT2D eigenvalue weighted by molar-refractivity contribution is 0.0908. The lowest BCUT2D eigenvalue weighted by atomic mass is 9.86. The third-order valence-electron chi connectivity index (χ3n) is 7.46. The first-order valence-corrected chi connectivity index (χ1v) is 14.1. The summed E-state index contributed by atoms with van der Waals surface area (Å²) in [7, 11) is -1.17. The number of hydrogen-bond acceptors (Lipinski definition) is 7. The molecule has 1 aliphatic carbocycles. The van der Waals surface area contributed by atoms with Crippen LogP contribution < -0.4 is 4.90 Å². The van der Waals surface area contributed by atoms with Crippen LogP contribution in [0.1, 0.15) is 37.7 Å². The largest absolute Gasteiger partial charge is 0.376 e. The SMILES string of the molecule is CN(c1ncnc2[nH]ccc12)C1CCC(CS(=O)(=O)N2CC[C@H](COCc3cccnc3)C2)CC1. The van der Waals surface area contributed by atoms with Gasteiger partial charge >= 0.3 is 0 Å². The highest BCUT2D eigenvalue weighted by Crippen LogP contribution is 2.33. The molecule has 1 aliphatic heterocycles. The first-order chi connectivity index (χ1) is 17.0. The quantitative estimate of drug-likeness (QED) is 0.483. The molecule has 1 atom stereocenters. The molecule has 35 heavy (non-hydrogen) atoms. The molecule has 9 nitrogen and oxygen atoms in total. The molecule has 1 saturated carbocycles. The molecule has 1 saturated heterocycles. The van der Waals surface area contributed by atoms with Gasteiger partial charge in [0.1, 0.15) is 17.8 Å². The summed E-state index contributed by atoms with van der Waals surface area (Å²) < 4.78 is 33.8. The van der Waals surface area contributed by atoms with E-state index in [0.29, 0.717) is 32.3 Å². The van der Waals surface area contributed by atoms with E-state index < -0.39 is 10.0 Å². The molecule has 0 amide bonds. The second-order valence-corrected chi connectivity index (χ2v) is 11.9. The van der Waals surface area contributed by atoms with Crippen molar-refractivity contribution in [1.82, 2.24) is 24.2 Å². The fourth-order valence-electron chi connectivity index (χ4n) is 5.43. The Kier molecular flexibility index (Phi) is 7.31. The van der Waals surface area contributed by atoms with E-state index in [-0.39, 0.29) is 17.6 Å². The van der Waals surface area contributed by atoms with Gasteiger partial charge in [0.25, 0.3) is 0 Å². The Morgan fingerprint density at radius 1 is 1.14 bits per heavy atom. The number of H-pyrrole nitrogens is 1. The number of pyridine rings is 1. The lowest BCUT2D eigenvalue weighted by Crippen LogP contribution is -2.39. The van der Waals surface area contributed by atoms with Crippen LogP contribution in [0.5, 0.6) is 0 Å². The Balaban J connectivity index is 1.08. The van der Waals surface area contributed by atoms with Crippen molar-refractivity contribution in [1.29, 1.82) is 0 Å². The number of anilines is 1. The lowest BCUT2D eigenvalue weighted by Gasteiger charge is -2.35. The molecule has 3 aromatic rings. The number of aromatic amines is 1. The van der Waals surface area contributed by atoms with Crippen molar-refractivity contribution in [3.05, 3.63) is 48.7 Å². The van der Waals surface area contributed by atoms with Gasteiger partial charge in [-0.15, -0.1) is 0 Å². The zero-order valence-corrected chi connectivity index (χ0v) is 21.0. The molecule has 3 aromatic heterocycles. The molecular formula is C25H34N6O3S. The van der Waals surface area contributed by atoms with Gasteiger partial charge in [-0.1, -0.05) is 6.07 Å². The highest BCUT2D eigenvalue weighted by molar-refractivity contribution is 7.89. The van der Waals surface area contributed by atoms with E-state index in [0.717, 1.165) is 54.5 Å². The summed E-state index contributed by atoms with van der Waals surface area (Å²) in [4.78, 5) is 18.3. The van der Waals surface area contributed by atoms with Crippen LogP contribution in [-0.2, 0) is 21.4 Å². The van der Waals surface area contributed by atoms with E-state index in [2.05, 4.69) is 31.9 Å². The number of hydrogen-bond donors (Lipinski definition) is 1. The molecular weight excluding hydrogens is 464 g/mol. The second-order valence-electron chi connectivity index (χ2n) is 9.89. The van der Waals surface area contributed by atoms with Gasteiger partial charge in [0.15, 0.2) is 0 Å². The molecule has 188 valence electrons. The maximum Gasteiger partial charge on any atom is 0.214 e. The molecule has 4 heterocycles. The Bertz CT molecular complexity index is 1210. The standard InChI is InChI=1S/C25H34N6O3S/c1-30(25-23-8-11-27-24(23)28-18-29-25)22-6-4-19(5-7-22)17-35(32,33)31-12-9-21(14-31)16-34-15-20-3-2-10-26-13-20/h2-3,8,10-11,13,18-19,21-22H,4-7,9,12,14-17H2,1H3,(H,27,28,29)/t19?,21-,22?/m0/s1. The molecule has 2 aliphatic rings. The molecule has 10 heteroatoms. The topological polar surface area (TPSA) is 104 Å². The number of aromatic nitrogens is 4. The van der Waals surface area contributed by atoms with E-state index in [1.165, 1.54) is 0 Å². The third kappa shape index (κ3) is 5.65. The minimum absolute atomic E-state index is 0.211. The van der Waals surface area contributed by atoms with E-state index in [9.17, 15) is 8.42 Å². The summed E-state index contributed by atoms with van der Waals surface area (Å²) in [5.41, 5.74) is 1.88. The number of nitrogens with one attached hydrogen (secondary N) is 1. The summed E-state index contributed by atoms with van der Waals surface area (Å²) in [6.07, 6.45) is 11.6. The van der Waals surface area contributed by atoms with E-state index in [1.54, 1.807) is 23.0 Å². The van der Waals surface area contributed by atoms with Crippen molar-refractivity contribution in [2.24, 2.45) is 11.8 Å². The van der Waals surface area contributed by atoms with Crippen LogP contribution >= 0.6 is 0 Å². The molecule has 0 unspecified atom stereocenters. The molecule has 0 aromatic carbocycles. The number of ether oxygens (including phenoxy) is 1. The number of sulfonamides is 1. The van der Waals surface area contributed by atoms with Gasteiger partial charge in [0, 0.05) is 44.8 Å². The highest BCUT2D eigenvalue weighted by Gasteiger charge is 2.35. The smallest absolute Gasteiger partial charge is 0.214 e. The Hall–Kier alpha value is -2.56. The van der Waals surface area contributed by atoms with Gasteiger partial charge in [-0.3, -0.25) is 4.98 Å². The van der Waals surface area contributed by atoms with Crippen LogP contribution in [0.15, 0.2) is 43.1 Å². The number of rotatable bonds is 9. The van der Waals surface area contributed by atoms with Crippen molar-refractivity contribution in [2.75, 3.05) is 37.4 Å². The molecule has 2 fully saturated rings. The summed E-state index contributed by atoms with van der Waals surface area (Å²) >= 11 is 0. The first-order valence-electron chi connectivity index (χ1n) is 12.4. The van der Waals surface area contributed by atoms with Crippen LogP contribution in [0.3, 0.4) is 0 Å². The fourth-order valence-corrected chi connectivity index (χ4v) is 7.39. The maximum absolute atomic E-state index is 13.1. The van der Waals surface area contributed by atoms with E-state index in [1.807, 2.05) is 24.4 Å². The minimum atomic E-state index is -3.25. The molecule has 0 radical (unpaired) electrons. The Morgan fingerprint density at radius 3 is 2.80 bits per heavy atom. The Labute approximate surface area is 207 Å². The summed E-state index contributed by atoms with van der Waals surface area (Å²) in [6.45, 7) is 2.25. The molecule has 0 spiro atoms. The zero-order valence-electron chi connectivity index (χ0n) is 20.2. The van der Waals surface area contributed by atoms with Gasteiger partial charge in [0.05, 0.1) is 24.4 Å². The second kappa shape index (κ2) is 10.6. The van der Waals surface area contributed by atoms with Gasteiger partial charge in [-0.25, -0.2) is 22.7 Å². The molecule has 0 bridgehead atoms. The van der Waals surface area contributed by atoms with Crippen molar-refractivity contribution in [3.63, 3.8) is 0 Å². The van der Waals surface area contributed by atoms with Crippen LogP contribution in [0.2, 0.25) is 0 Å². The van der Waals surface area contributed by atoms with Gasteiger partial charge in [-0.05, 0) is 61.6 Å². The molecule has 1 N–H and O–H groups in total. The summed E-state index contributed by atoms with van der Waals surface area (Å²) in [5, 5.41) is 1.02. The first kappa shape index (κ1) is 24.1. The normalized spacial score (nSPS) is 23.6. The van der Waals surface area contributed by atoms with Crippen molar-refractivity contribution < 1.29 is 13.2 Å². The van der Waals surface area contributed by atoms with Gasteiger partial charge in [-0.2, -0.15) is 0 Å². The van der Waals surface area contributed by atoms with Gasteiger partial charge < -0.3 is 14.6 Å². The maximum atomic E-state index is 13.1. The van der Waals surface area contributed by atoms with E-state index >= 15 is 0 Å². The van der Waals surface area contributed by atoms with E-state index in [4.69, 9.17) is 4.74 Å². The average Bonchev–Trinajstić information content (AvgIpc) is 3.55. The van der Waals surface area contributed by atoms with Crippen molar-refractivity contribution >= 4 is 26.9 Å². The van der Waals surface area contributed by atoms with Crippen LogP contribution in [0, 0.1) is 11.8 Å². The number of fused-ring (bicyclic) bond motifs is 1. The third-order valence-corrected chi connectivity index (χ3v) is 9.48. The van der Waals surface area contributed by atoms with Crippen LogP contribution in [0.4, 0.5) is 5.82 Å². The van der Waals surface area contributed by atoms with Crippen molar-refractivity contribution in [3.8, 4) is 0 Å². The van der Waals surface area contributed by atoms with Crippen LogP contribution in [-0.4, -0.2) is 71.2 Å². The minimum Gasteiger partial charge on any atom is -0.376 e. The summed E-state index contributed by atoms with van der Waals surface area (Å²) in [6, 6.07) is 6.24. The predicted octanol–water partition coefficient (Wildman–Crippen LogP) is 3.22. The predicted molar refractivity (Wildman–Crippen MR) is 135 cm³/mol. The van der Waals surface area contributed by atoms with Crippen molar-refractivity contribution in [2.45, 2.75) is 44.8 Å². The van der Waals surface area contributed by atoms with Crippen LogP contribution in [0.25, 0.3) is 11.0 Å². The molecule has 5 rings (SSSR count).